The van der Waals surface area contributed by atoms with Gasteiger partial charge in [-0.1, -0.05) is 18.2 Å². The minimum absolute atomic E-state index is 0.254. The number of nitrogens with zero attached hydrogens (tertiary/aromatic N) is 1. The molecular weight excluding hydrogens is 360 g/mol. The molecule has 1 aromatic heterocycles. The molecule has 0 unspecified atom stereocenters. The fourth-order valence-electron chi connectivity index (χ4n) is 1.72. The number of benzene rings is 1. The Morgan fingerprint density at radius 3 is 2.55 bits per heavy atom. The Hall–Kier alpha value is -0.890. The summed E-state index contributed by atoms with van der Waals surface area (Å²) >= 11 is 4.57. The highest BCUT2D eigenvalue weighted by molar-refractivity contribution is 9.11. The smallest absolute Gasteiger partial charge is 0.252 e. The SMILES string of the molecule is Cc1cc(S(=O)(=O)N(C)Cc2ccccc2N)sc1Br. The van der Waals surface area contributed by atoms with Crippen molar-refractivity contribution in [3.8, 4) is 0 Å². The van der Waals surface area contributed by atoms with Gasteiger partial charge in [0, 0.05) is 19.3 Å². The molecule has 0 spiro atoms. The van der Waals surface area contributed by atoms with Gasteiger partial charge in [-0.2, -0.15) is 4.31 Å². The number of aryl methyl sites for hydroxylation is 1. The van der Waals surface area contributed by atoms with Crippen LogP contribution in [0.25, 0.3) is 0 Å². The maximum absolute atomic E-state index is 12.5. The summed E-state index contributed by atoms with van der Waals surface area (Å²) in [4.78, 5) is 0. The Morgan fingerprint density at radius 1 is 1.35 bits per heavy atom. The number of thiophene rings is 1. The summed E-state index contributed by atoms with van der Waals surface area (Å²) in [6.45, 7) is 2.12. The van der Waals surface area contributed by atoms with E-state index in [0.29, 0.717) is 9.90 Å². The second-order valence-corrected chi connectivity index (χ2v) is 9.12. The minimum atomic E-state index is -3.49. The summed E-state index contributed by atoms with van der Waals surface area (Å²) in [7, 11) is -1.93. The topological polar surface area (TPSA) is 63.4 Å². The van der Waals surface area contributed by atoms with Gasteiger partial charge in [-0.25, -0.2) is 8.42 Å². The average Bonchev–Trinajstić information content (AvgIpc) is 2.73. The monoisotopic (exact) mass is 374 g/mol. The Labute approximate surface area is 131 Å². The summed E-state index contributed by atoms with van der Waals surface area (Å²) in [5.74, 6) is 0. The second-order valence-electron chi connectivity index (χ2n) is 4.48. The van der Waals surface area contributed by atoms with E-state index in [1.54, 1.807) is 19.2 Å². The first-order valence-electron chi connectivity index (χ1n) is 5.88. The van der Waals surface area contributed by atoms with Crippen LogP contribution >= 0.6 is 27.3 Å². The van der Waals surface area contributed by atoms with Crippen molar-refractivity contribution in [2.75, 3.05) is 12.8 Å². The highest BCUT2D eigenvalue weighted by atomic mass is 79.9. The number of rotatable bonds is 4. The van der Waals surface area contributed by atoms with Crippen molar-refractivity contribution >= 4 is 43.0 Å². The molecule has 108 valence electrons. The summed E-state index contributed by atoms with van der Waals surface area (Å²) in [5, 5.41) is 0. The lowest BCUT2D eigenvalue weighted by Crippen LogP contribution is -2.26. The van der Waals surface area contributed by atoms with Crippen LogP contribution < -0.4 is 5.73 Å². The van der Waals surface area contributed by atoms with Gasteiger partial charge in [-0.3, -0.25) is 0 Å². The van der Waals surface area contributed by atoms with Crippen LogP contribution in [-0.2, 0) is 16.6 Å². The Kier molecular flexibility index (Phi) is 4.53. The molecule has 0 saturated carbocycles. The molecular formula is C13H15BrN2O2S2. The highest BCUT2D eigenvalue weighted by Gasteiger charge is 2.24. The molecule has 0 aliphatic heterocycles. The molecule has 7 heteroatoms. The Balaban J connectivity index is 2.28. The van der Waals surface area contributed by atoms with Crippen molar-refractivity contribution in [2.45, 2.75) is 17.7 Å². The predicted octanol–water partition coefficient (Wildman–Crippen LogP) is 3.22. The van der Waals surface area contributed by atoms with Gasteiger partial charge in [-0.15, -0.1) is 11.3 Å². The lowest BCUT2D eigenvalue weighted by Gasteiger charge is -2.17. The number of hydrogen-bond acceptors (Lipinski definition) is 4. The zero-order valence-electron chi connectivity index (χ0n) is 11.1. The van der Waals surface area contributed by atoms with Crippen LogP contribution in [0.4, 0.5) is 5.69 Å². The number of halogens is 1. The van der Waals surface area contributed by atoms with Crippen molar-refractivity contribution in [1.82, 2.24) is 4.31 Å². The van der Waals surface area contributed by atoms with Gasteiger partial charge >= 0.3 is 0 Å². The molecule has 2 N–H and O–H groups in total. The average molecular weight is 375 g/mol. The molecule has 2 rings (SSSR count). The first-order chi connectivity index (χ1) is 9.32. The van der Waals surface area contributed by atoms with Gasteiger partial charge in [-0.05, 0) is 46.1 Å². The Bertz CT molecular complexity index is 706. The molecule has 0 radical (unpaired) electrons. The van der Waals surface area contributed by atoms with Crippen molar-refractivity contribution in [1.29, 1.82) is 0 Å². The first-order valence-corrected chi connectivity index (χ1v) is 8.93. The molecule has 20 heavy (non-hydrogen) atoms. The maximum Gasteiger partial charge on any atom is 0.252 e. The fraction of sp³-hybridized carbons (Fsp3) is 0.231. The summed E-state index contributed by atoms with van der Waals surface area (Å²) in [6.07, 6.45) is 0. The predicted molar refractivity (Wildman–Crippen MR) is 86.3 cm³/mol. The molecule has 0 amide bonds. The van der Waals surface area contributed by atoms with Gasteiger partial charge in [0.25, 0.3) is 10.0 Å². The molecule has 0 fully saturated rings. The van der Waals surface area contributed by atoms with E-state index in [2.05, 4.69) is 15.9 Å². The van der Waals surface area contributed by atoms with Gasteiger partial charge in [0.15, 0.2) is 0 Å². The van der Waals surface area contributed by atoms with Gasteiger partial charge < -0.3 is 5.73 Å². The third-order valence-electron chi connectivity index (χ3n) is 2.95. The third kappa shape index (κ3) is 3.06. The zero-order chi connectivity index (χ0) is 14.9. The van der Waals surface area contributed by atoms with Crippen LogP contribution in [0.3, 0.4) is 0 Å². The van der Waals surface area contributed by atoms with Gasteiger partial charge in [0.2, 0.25) is 0 Å². The van der Waals surface area contributed by atoms with E-state index in [4.69, 9.17) is 5.73 Å². The van der Waals surface area contributed by atoms with Crippen LogP contribution in [0.15, 0.2) is 38.3 Å². The molecule has 0 aliphatic rings. The number of nitrogens with two attached hydrogens (primary N) is 1. The number of para-hydroxylation sites is 1. The second kappa shape index (κ2) is 5.85. The van der Waals surface area contributed by atoms with Crippen molar-refractivity contribution in [3.63, 3.8) is 0 Å². The van der Waals surface area contributed by atoms with Crippen molar-refractivity contribution in [2.24, 2.45) is 0 Å². The van der Waals surface area contributed by atoms with Crippen LogP contribution in [-0.4, -0.2) is 19.8 Å². The largest absolute Gasteiger partial charge is 0.398 e. The van der Waals surface area contributed by atoms with Crippen LogP contribution in [0.2, 0.25) is 0 Å². The quantitative estimate of drug-likeness (QED) is 0.835. The van der Waals surface area contributed by atoms with Gasteiger partial charge in [0.05, 0.1) is 3.79 Å². The fourth-order valence-corrected chi connectivity index (χ4v) is 5.30. The van der Waals surface area contributed by atoms with Crippen LogP contribution in [0, 0.1) is 6.92 Å². The number of hydrogen-bond donors (Lipinski definition) is 1. The van der Waals surface area contributed by atoms with Crippen LogP contribution in [0.5, 0.6) is 0 Å². The summed E-state index contributed by atoms with van der Waals surface area (Å²) in [5.41, 5.74) is 8.16. The van der Waals surface area contributed by atoms with E-state index in [9.17, 15) is 8.42 Å². The number of nitrogen functional groups attached to an aromatic ring is 1. The Morgan fingerprint density at radius 2 is 2.00 bits per heavy atom. The van der Waals surface area contributed by atoms with Gasteiger partial charge in [0.1, 0.15) is 4.21 Å². The van der Waals surface area contributed by atoms with E-state index < -0.39 is 10.0 Å². The van der Waals surface area contributed by atoms with E-state index in [-0.39, 0.29) is 6.54 Å². The maximum atomic E-state index is 12.5. The molecule has 0 bridgehead atoms. The lowest BCUT2D eigenvalue weighted by atomic mass is 10.2. The summed E-state index contributed by atoms with van der Waals surface area (Å²) < 4.78 is 27.5. The molecule has 0 atom stereocenters. The number of anilines is 1. The lowest BCUT2D eigenvalue weighted by molar-refractivity contribution is 0.469. The first kappa shape index (κ1) is 15.5. The van der Waals surface area contributed by atoms with E-state index >= 15 is 0 Å². The molecule has 0 saturated heterocycles. The van der Waals surface area contributed by atoms with E-state index in [1.807, 2.05) is 25.1 Å². The minimum Gasteiger partial charge on any atom is -0.398 e. The molecule has 0 aliphatic carbocycles. The molecule has 2 aromatic rings. The molecule has 1 heterocycles. The zero-order valence-corrected chi connectivity index (χ0v) is 14.3. The van der Waals surface area contributed by atoms with E-state index in [1.165, 1.54) is 15.6 Å². The van der Waals surface area contributed by atoms with Crippen molar-refractivity contribution in [3.05, 3.63) is 45.2 Å². The standard InChI is InChI=1S/C13H15BrN2O2S2/c1-9-7-12(19-13(9)14)20(17,18)16(2)8-10-5-3-4-6-11(10)15/h3-7H,8,15H2,1-2H3. The normalized spacial score (nSPS) is 12.0. The van der Waals surface area contributed by atoms with E-state index in [0.717, 1.165) is 14.9 Å². The summed E-state index contributed by atoms with van der Waals surface area (Å²) in [6, 6.07) is 8.94. The third-order valence-corrected chi connectivity index (χ3v) is 7.34. The molecule has 1 aromatic carbocycles. The van der Waals surface area contributed by atoms with Crippen molar-refractivity contribution < 1.29 is 8.42 Å². The molecule has 4 nitrogen and oxygen atoms in total. The number of sulfonamides is 1. The van der Waals surface area contributed by atoms with Crippen LogP contribution in [0.1, 0.15) is 11.1 Å². The highest BCUT2D eigenvalue weighted by Crippen LogP contribution is 2.32.